The molecule has 16 heavy (non-hydrogen) atoms. The van der Waals surface area contributed by atoms with Crippen molar-refractivity contribution in [3.8, 4) is 0 Å². The van der Waals surface area contributed by atoms with Crippen molar-refractivity contribution in [3.63, 3.8) is 0 Å². The van der Waals surface area contributed by atoms with Crippen LogP contribution in [0.15, 0.2) is 18.2 Å². The van der Waals surface area contributed by atoms with E-state index in [1.165, 1.54) is 36.9 Å². The van der Waals surface area contributed by atoms with Crippen molar-refractivity contribution in [2.24, 2.45) is 5.92 Å². The second-order valence-corrected chi connectivity index (χ2v) is 5.27. The summed E-state index contributed by atoms with van der Waals surface area (Å²) in [7, 11) is 0. The first-order valence-corrected chi connectivity index (χ1v) is 6.59. The van der Waals surface area contributed by atoms with E-state index in [1.807, 2.05) is 0 Å². The third-order valence-electron chi connectivity index (χ3n) is 3.37. The Labute approximate surface area is 103 Å². The lowest BCUT2D eigenvalue weighted by Crippen LogP contribution is -2.22. The first-order valence-electron chi connectivity index (χ1n) is 6.21. The highest BCUT2D eigenvalue weighted by atomic mass is 35.5. The van der Waals surface area contributed by atoms with Gasteiger partial charge in [-0.25, -0.2) is 0 Å². The lowest BCUT2D eigenvalue weighted by molar-refractivity contribution is 0.477. The van der Waals surface area contributed by atoms with E-state index in [0.717, 1.165) is 23.9 Å². The van der Waals surface area contributed by atoms with Gasteiger partial charge in [-0.05, 0) is 62.4 Å². The van der Waals surface area contributed by atoms with E-state index in [0.29, 0.717) is 0 Å². The summed E-state index contributed by atoms with van der Waals surface area (Å²) in [5.74, 6) is 0.753. The van der Waals surface area contributed by atoms with E-state index in [-0.39, 0.29) is 0 Å². The molecular weight excluding hydrogens is 218 g/mol. The smallest absolute Gasteiger partial charge is 0.0440 e. The molecule has 1 nitrogen and oxygen atoms in total. The van der Waals surface area contributed by atoms with Crippen molar-refractivity contribution in [1.82, 2.24) is 5.32 Å². The fourth-order valence-corrected chi connectivity index (χ4v) is 2.71. The zero-order valence-electron chi connectivity index (χ0n) is 9.93. The number of halogens is 1. The van der Waals surface area contributed by atoms with E-state index in [4.69, 9.17) is 11.6 Å². The molecule has 88 valence electrons. The van der Waals surface area contributed by atoms with Crippen LogP contribution in [-0.4, -0.2) is 13.1 Å². The average Bonchev–Trinajstić information content (AvgIpc) is 2.51. The molecule has 0 bridgehead atoms. The minimum absolute atomic E-state index is 0.753. The monoisotopic (exact) mass is 237 g/mol. The Morgan fingerprint density at radius 3 is 3.06 bits per heavy atom. The van der Waals surface area contributed by atoms with Crippen LogP contribution >= 0.6 is 11.6 Å². The molecule has 1 aromatic carbocycles. The number of nitrogens with one attached hydrogen (secondary N) is 1. The summed E-state index contributed by atoms with van der Waals surface area (Å²) in [5, 5.41) is 4.44. The molecule has 1 aliphatic heterocycles. The van der Waals surface area contributed by atoms with Gasteiger partial charge in [0.15, 0.2) is 0 Å². The largest absolute Gasteiger partial charge is 0.316 e. The Bertz CT molecular complexity index is 341. The molecule has 1 unspecified atom stereocenters. The number of hydrogen-bond donors (Lipinski definition) is 1. The molecule has 1 atom stereocenters. The predicted octanol–water partition coefficient (Wildman–Crippen LogP) is 3.58. The molecule has 2 heteroatoms. The molecule has 0 aromatic heterocycles. The highest BCUT2D eigenvalue weighted by Gasteiger charge is 2.13. The standard InChI is InChI=1S/C14H20ClN/c1-11-5-6-13(14(15)8-11)9-12-4-2-3-7-16-10-12/h5-6,8,12,16H,2-4,7,9-10H2,1H3. The third-order valence-corrected chi connectivity index (χ3v) is 3.72. The fourth-order valence-electron chi connectivity index (χ4n) is 2.39. The minimum Gasteiger partial charge on any atom is -0.316 e. The minimum atomic E-state index is 0.753. The number of aryl methyl sites for hydroxylation is 1. The van der Waals surface area contributed by atoms with Crippen LogP contribution in [0.2, 0.25) is 5.02 Å². The molecule has 2 rings (SSSR count). The molecule has 0 amide bonds. The molecule has 1 fully saturated rings. The van der Waals surface area contributed by atoms with E-state index >= 15 is 0 Å². The summed E-state index contributed by atoms with van der Waals surface area (Å²) < 4.78 is 0. The van der Waals surface area contributed by atoms with Gasteiger partial charge in [-0.1, -0.05) is 30.2 Å². The van der Waals surface area contributed by atoms with E-state index in [9.17, 15) is 0 Å². The first kappa shape index (κ1) is 11.9. The summed E-state index contributed by atoms with van der Waals surface area (Å²) in [5.41, 5.74) is 2.55. The van der Waals surface area contributed by atoms with Gasteiger partial charge >= 0.3 is 0 Å². The Morgan fingerprint density at radius 2 is 2.25 bits per heavy atom. The van der Waals surface area contributed by atoms with Crippen molar-refractivity contribution < 1.29 is 0 Å². The molecule has 0 spiro atoms. The zero-order chi connectivity index (χ0) is 11.4. The van der Waals surface area contributed by atoms with Crippen LogP contribution < -0.4 is 5.32 Å². The van der Waals surface area contributed by atoms with E-state index in [2.05, 4.69) is 30.4 Å². The maximum atomic E-state index is 6.27. The van der Waals surface area contributed by atoms with Gasteiger partial charge in [0.2, 0.25) is 0 Å². The summed E-state index contributed by atoms with van der Waals surface area (Å²) in [6, 6.07) is 6.41. The predicted molar refractivity (Wildman–Crippen MR) is 70.1 cm³/mol. The lowest BCUT2D eigenvalue weighted by atomic mass is 9.94. The van der Waals surface area contributed by atoms with Gasteiger partial charge in [0.05, 0.1) is 0 Å². The number of benzene rings is 1. The summed E-state index contributed by atoms with van der Waals surface area (Å²) >= 11 is 6.27. The van der Waals surface area contributed by atoms with Crippen LogP contribution in [0.5, 0.6) is 0 Å². The molecule has 1 aliphatic rings. The van der Waals surface area contributed by atoms with Crippen molar-refractivity contribution in [1.29, 1.82) is 0 Å². The number of hydrogen-bond acceptors (Lipinski definition) is 1. The Balaban J connectivity index is 2.01. The van der Waals surface area contributed by atoms with Crippen LogP contribution in [0.3, 0.4) is 0 Å². The quantitative estimate of drug-likeness (QED) is 0.829. The third kappa shape index (κ3) is 3.23. The van der Waals surface area contributed by atoms with Crippen molar-refractivity contribution in [2.45, 2.75) is 32.6 Å². The maximum absolute atomic E-state index is 6.27. The van der Waals surface area contributed by atoms with Crippen molar-refractivity contribution >= 4 is 11.6 Å². The molecule has 1 heterocycles. The molecule has 1 aromatic rings. The fraction of sp³-hybridized carbons (Fsp3) is 0.571. The van der Waals surface area contributed by atoms with Gasteiger partial charge in [-0.2, -0.15) is 0 Å². The van der Waals surface area contributed by atoms with E-state index in [1.54, 1.807) is 0 Å². The topological polar surface area (TPSA) is 12.0 Å². The molecule has 1 saturated heterocycles. The molecule has 0 aliphatic carbocycles. The van der Waals surface area contributed by atoms with Gasteiger partial charge in [-0.15, -0.1) is 0 Å². The van der Waals surface area contributed by atoms with Crippen molar-refractivity contribution in [2.75, 3.05) is 13.1 Å². The normalized spacial score (nSPS) is 21.8. The van der Waals surface area contributed by atoms with Gasteiger partial charge in [0.1, 0.15) is 0 Å². The van der Waals surface area contributed by atoms with E-state index < -0.39 is 0 Å². The van der Waals surface area contributed by atoms with Gasteiger partial charge < -0.3 is 5.32 Å². The maximum Gasteiger partial charge on any atom is 0.0440 e. The number of rotatable bonds is 2. The van der Waals surface area contributed by atoms with Crippen LogP contribution in [0.1, 0.15) is 30.4 Å². The van der Waals surface area contributed by atoms with Crippen molar-refractivity contribution in [3.05, 3.63) is 34.3 Å². The average molecular weight is 238 g/mol. The van der Waals surface area contributed by atoms with Crippen LogP contribution in [0, 0.1) is 12.8 Å². The van der Waals surface area contributed by atoms with Gasteiger partial charge in [0, 0.05) is 5.02 Å². The Hall–Kier alpha value is -0.530. The lowest BCUT2D eigenvalue weighted by Gasteiger charge is -2.15. The van der Waals surface area contributed by atoms with Crippen LogP contribution in [0.4, 0.5) is 0 Å². The highest BCUT2D eigenvalue weighted by Crippen LogP contribution is 2.23. The summed E-state index contributed by atoms with van der Waals surface area (Å²) in [4.78, 5) is 0. The summed E-state index contributed by atoms with van der Waals surface area (Å²) in [6.07, 6.45) is 5.11. The molecule has 1 N–H and O–H groups in total. The van der Waals surface area contributed by atoms with Crippen LogP contribution in [-0.2, 0) is 6.42 Å². The Morgan fingerprint density at radius 1 is 1.38 bits per heavy atom. The van der Waals surface area contributed by atoms with Gasteiger partial charge in [-0.3, -0.25) is 0 Å². The highest BCUT2D eigenvalue weighted by molar-refractivity contribution is 6.31. The molecular formula is C14H20ClN. The second-order valence-electron chi connectivity index (χ2n) is 4.86. The molecule has 0 saturated carbocycles. The second kappa shape index (κ2) is 5.70. The first-order chi connectivity index (χ1) is 7.75. The zero-order valence-corrected chi connectivity index (χ0v) is 10.7. The van der Waals surface area contributed by atoms with Crippen LogP contribution in [0.25, 0.3) is 0 Å². The Kier molecular flexibility index (Phi) is 4.25. The summed E-state index contributed by atoms with van der Waals surface area (Å²) in [6.45, 7) is 4.41. The van der Waals surface area contributed by atoms with Gasteiger partial charge in [0.25, 0.3) is 0 Å². The SMILES string of the molecule is Cc1ccc(CC2CCCCNC2)c(Cl)c1. The molecule has 0 radical (unpaired) electrons.